The van der Waals surface area contributed by atoms with Crippen LogP contribution < -0.4 is 16.0 Å². The smallest absolute Gasteiger partial charge is 0.330 e. The van der Waals surface area contributed by atoms with E-state index in [-0.39, 0.29) is 17.0 Å². The predicted molar refractivity (Wildman–Crippen MR) is 122 cm³/mol. The topological polar surface area (TPSA) is 86.3 Å². The van der Waals surface area contributed by atoms with Crippen molar-refractivity contribution in [1.82, 2.24) is 23.5 Å². The summed E-state index contributed by atoms with van der Waals surface area (Å²) in [7, 11) is 1.57. The highest BCUT2D eigenvalue weighted by Crippen LogP contribution is 2.33. The van der Waals surface area contributed by atoms with Crippen molar-refractivity contribution < 1.29 is 9.13 Å². The minimum atomic E-state index is -0.530. The van der Waals surface area contributed by atoms with Crippen LogP contribution in [-0.2, 0) is 5.88 Å². The van der Waals surface area contributed by atoms with Gasteiger partial charge in [0.2, 0.25) is 5.78 Å². The summed E-state index contributed by atoms with van der Waals surface area (Å²) in [6.07, 6.45) is 3.62. The average molecular weight is 451 g/mol. The number of aromatic amines is 1. The number of imidazole rings is 2. The molecule has 1 N–H and O–H groups in total. The third kappa shape index (κ3) is 3.02. The molecular formula is C22H18FN5O3S. The van der Waals surface area contributed by atoms with Crippen LogP contribution in [0.1, 0.15) is 0 Å². The van der Waals surface area contributed by atoms with E-state index in [0.29, 0.717) is 28.8 Å². The van der Waals surface area contributed by atoms with Crippen LogP contribution in [0.3, 0.4) is 0 Å². The Morgan fingerprint density at radius 1 is 1.12 bits per heavy atom. The summed E-state index contributed by atoms with van der Waals surface area (Å²) in [4.78, 5) is 32.2. The molecule has 0 aliphatic carbocycles. The van der Waals surface area contributed by atoms with Gasteiger partial charge >= 0.3 is 5.69 Å². The number of nitrogens with one attached hydrogen (secondary N) is 1. The van der Waals surface area contributed by atoms with Crippen LogP contribution in [0.5, 0.6) is 5.75 Å². The lowest BCUT2D eigenvalue weighted by atomic mass is 10.1. The van der Waals surface area contributed by atoms with Crippen LogP contribution in [0, 0.1) is 5.82 Å². The lowest BCUT2D eigenvalue weighted by Crippen LogP contribution is -2.30. The van der Waals surface area contributed by atoms with Crippen molar-refractivity contribution >= 4 is 28.7 Å². The van der Waals surface area contributed by atoms with Crippen molar-refractivity contribution in [2.75, 3.05) is 13.4 Å². The molecule has 162 valence electrons. The Hall–Kier alpha value is -3.79. The number of hydrogen-bond donors (Lipinski definition) is 1. The number of thioether (sulfide) groups is 1. The maximum atomic E-state index is 13.6. The molecule has 0 aliphatic heterocycles. The number of benzene rings is 2. The van der Waals surface area contributed by atoms with Gasteiger partial charge in [-0.2, -0.15) is 4.98 Å². The van der Waals surface area contributed by atoms with E-state index in [0.717, 1.165) is 5.56 Å². The number of para-hydroxylation sites is 2. The first-order chi connectivity index (χ1) is 15.5. The van der Waals surface area contributed by atoms with Gasteiger partial charge in [0.25, 0.3) is 5.56 Å². The second-order valence-electron chi connectivity index (χ2n) is 7.09. The second-order valence-corrected chi connectivity index (χ2v) is 7.92. The van der Waals surface area contributed by atoms with E-state index in [2.05, 4.69) is 4.98 Å². The Morgan fingerprint density at radius 3 is 2.59 bits per heavy atom. The zero-order chi connectivity index (χ0) is 22.4. The molecule has 0 atom stereocenters. The normalized spacial score (nSPS) is 11.5. The first kappa shape index (κ1) is 20.1. The number of rotatable bonds is 5. The Labute approximate surface area is 184 Å². The molecule has 32 heavy (non-hydrogen) atoms. The zero-order valence-electron chi connectivity index (χ0n) is 17.2. The summed E-state index contributed by atoms with van der Waals surface area (Å²) in [6.45, 7) is 0. The second kappa shape index (κ2) is 7.72. The van der Waals surface area contributed by atoms with Gasteiger partial charge in [-0.1, -0.05) is 12.1 Å². The van der Waals surface area contributed by atoms with E-state index in [4.69, 9.17) is 9.72 Å². The van der Waals surface area contributed by atoms with Crippen LogP contribution >= 0.6 is 11.8 Å². The van der Waals surface area contributed by atoms with Crippen LogP contribution in [0.15, 0.2) is 64.3 Å². The summed E-state index contributed by atoms with van der Waals surface area (Å²) in [5.74, 6) is 1.01. The number of hydrogen-bond acceptors (Lipinski definition) is 5. The lowest BCUT2D eigenvalue weighted by molar-refractivity contribution is 0.413. The fraction of sp³-hybridized carbons (Fsp3) is 0.136. The van der Waals surface area contributed by atoms with Gasteiger partial charge in [0.05, 0.1) is 24.4 Å². The standard InChI is InChI=1S/C22H18FN5O3S/c1-31-17-6-4-3-5-15(17)28-16(13-7-9-14(23)10-8-13)11-26-18-19(24-21(26)28)27(12-32-2)22(30)25-20(18)29/h3-11H,12H2,1-2H3,(H,25,29,30). The van der Waals surface area contributed by atoms with Crippen LogP contribution in [0.2, 0.25) is 0 Å². The van der Waals surface area contributed by atoms with E-state index in [1.165, 1.54) is 28.5 Å². The van der Waals surface area contributed by atoms with Gasteiger partial charge in [0.1, 0.15) is 11.6 Å². The molecule has 0 bridgehead atoms. The fourth-order valence-corrected chi connectivity index (χ4v) is 4.32. The predicted octanol–water partition coefficient (Wildman–Crippen LogP) is 3.26. The van der Waals surface area contributed by atoms with Crippen molar-refractivity contribution in [2.45, 2.75) is 5.88 Å². The molecule has 5 rings (SSSR count). The molecule has 0 spiro atoms. The first-order valence-electron chi connectivity index (χ1n) is 9.68. The zero-order valence-corrected chi connectivity index (χ0v) is 18.0. The molecule has 2 aromatic carbocycles. The van der Waals surface area contributed by atoms with Crippen molar-refractivity contribution in [1.29, 1.82) is 0 Å². The van der Waals surface area contributed by atoms with E-state index in [9.17, 15) is 14.0 Å². The van der Waals surface area contributed by atoms with Crippen molar-refractivity contribution in [2.24, 2.45) is 0 Å². The number of H-pyrrole nitrogens is 1. The van der Waals surface area contributed by atoms with Gasteiger partial charge in [0, 0.05) is 11.8 Å². The summed E-state index contributed by atoms with van der Waals surface area (Å²) in [5, 5.41) is 0. The average Bonchev–Trinajstić information content (AvgIpc) is 3.33. The van der Waals surface area contributed by atoms with Crippen LogP contribution in [-0.4, -0.2) is 36.9 Å². The minimum Gasteiger partial charge on any atom is -0.495 e. The molecule has 8 nitrogen and oxygen atoms in total. The Bertz CT molecular complexity index is 1580. The van der Waals surface area contributed by atoms with Gasteiger partial charge in [-0.05, 0) is 42.7 Å². The number of ether oxygens (including phenoxy) is 1. The van der Waals surface area contributed by atoms with E-state index >= 15 is 0 Å². The first-order valence-corrected chi connectivity index (χ1v) is 11.1. The highest BCUT2D eigenvalue weighted by molar-refractivity contribution is 7.97. The molecule has 0 amide bonds. The molecule has 0 fully saturated rings. The van der Waals surface area contributed by atoms with E-state index < -0.39 is 11.2 Å². The molecular weight excluding hydrogens is 433 g/mol. The Kier molecular flexibility index (Phi) is 4.86. The number of methoxy groups -OCH3 is 1. The highest BCUT2D eigenvalue weighted by atomic mass is 32.2. The lowest BCUT2D eigenvalue weighted by Gasteiger charge is -2.13. The highest BCUT2D eigenvalue weighted by Gasteiger charge is 2.22. The molecule has 3 aromatic heterocycles. The molecule has 0 aliphatic rings. The summed E-state index contributed by atoms with van der Waals surface area (Å²) < 4.78 is 24.1. The van der Waals surface area contributed by atoms with Gasteiger partial charge in [-0.3, -0.25) is 23.3 Å². The number of fused-ring (bicyclic) bond motifs is 3. The molecule has 0 saturated carbocycles. The third-order valence-corrected chi connectivity index (χ3v) is 5.74. The SMILES string of the molecule is COc1ccccc1-n1c(-c2ccc(F)cc2)cn2c3c(=O)[nH]c(=O)n(CSC)c3nc12. The Morgan fingerprint density at radius 2 is 1.88 bits per heavy atom. The fourth-order valence-electron chi connectivity index (χ4n) is 3.82. The summed E-state index contributed by atoms with van der Waals surface area (Å²) in [5.41, 5.74) is 1.60. The van der Waals surface area contributed by atoms with Crippen molar-refractivity contribution in [3.05, 3.63) is 81.4 Å². The monoisotopic (exact) mass is 451 g/mol. The number of nitrogens with zero attached hydrogens (tertiary/aromatic N) is 4. The van der Waals surface area contributed by atoms with Gasteiger partial charge in [-0.25, -0.2) is 9.18 Å². The Balaban J connectivity index is 1.94. The van der Waals surface area contributed by atoms with Gasteiger partial charge in [-0.15, -0.1) is 11.8 Å². The molecule has 0 saturated heterocycles. The van der Waals surface area contributed by atoms with Gasteiger partial charge < -0.3 is 4.74 Å². The number of halogens is 1. The van der Waals surface area contributed by atoms with E-state index in [1.807, 2.05) is 35.1 Å². The van der Waals surface area contributed by atoms with E-state index in [1.54, 1.807) is 29.8 Å². The van der Waals surface area contributed by atoms with Crippen molar-refractivity contribution in [3.8, 4) is 22.7 Å². The summed E-state index contributed by atoms with van der Waals surface area (Å²) >= 11 is 1.44. The minimum absolute atomic E-state index is 0.255. The number of aromatic nitrogens is 5. The molecule has 0 radical (unpaired) electrons. The molecule has 3 heterocycles. The van der Waals surface area contributed by atoms with Gasteiger partial charge in [0.15, 0.2) is 11.2 Å². The quantitative estimate of drug-likeness (QED) is 0.443. The van der Waals surface area contributed by atoms with Crippen LogP contribution in [0.4, 0.5) is 4.39 Å². The summed E-state index contributed by atoms with van der Waals surface area (Å²) in [6, 6.07) is 13.5. The maximum absolute atomic E-state index is 13.6. The maximum Gasteiger partial charge on any atom is 0.330 e. The molecule has 0 unspecified atom stereocenters. The van der Waals surface area contributed by atoms with Crippen LogP contribution in [0.25, 0.3) is 33.9 Å². The molecule has 10 heteroatoms. The van der Waals surface area contributed by atoms with Crippen molar-refractivity contribution in [3.63, 3.8) is 0 Å². The largest absolute Gasteiger partial charge is 0.495 e. The molecule has 5 aromatic rings. The third-order valence-electron chi connectivity index (χ3n) is 5.23.